The summed E-state index contributed by atoms with van der Waals surface area (Å²) in [5, 5.41) is 9.23. The van der Waals surface area contributed by atoms with Crippen molar-refractivity contribution in [1.82, 2.24) is 4.90 Å². The quantitative estimate of drug-likeness (QED) is 0.850. The van der Waals surface area contributed by atoms with Gasteiger partial charge in [0.05, 0.1) is 6.54 Å². The predicted molar refractivity (Wildman–Crippen MR) is 67.6 cm³/mol. The molecule has 1 heterocycles. The second-order valence-electron chi connectivity index (χ2n) is 4.69. The van der Waals surface area contributed by atoms with Crippen molar-refractivity contribution in [3.05, 3.63) is 29.8 Å². The van der Waals surface area contributed by atoms with E-state index in [-0.39, 0.29) is 12.5 Å². The van der Waals surface area contributed by atoms with Gasteiger partial charge in [-0.1, -0.05) is 18.2 Å². The van der Waals surface area contributed by atoms with E-state index in [9.17, 15) is 14.7 Å². The SMILES string of the molecule is CN(C)CC(=O)N1c2ccccc2C[C@H]1C(=O)O. The molecule has 0 bridgehead atoms. The Morgan fingerprint density at radius 3 is 2.67 bits per heavy atom. The van der Waals surface area contributed by atoms with Gasteiger partial charge in [0.15, 0.2) is 0 Å². The van der Waals surface area contributed by atoms with Crippen LogP contribution in [0, 0.1) is 0 Å². The molecule has 0 aromatic heterocycles. The van der Waals surface area contributed by atoms with Crippen molar-refractivity contribution >= 4 is 17.6 Å². The van der Waals surface area contributed by atoms with Gasteiger partial charge in [0.1, 0.15) is 6.04 Å². The maximum Gasteiger partial charge on any atom is 0.327 e. The molecule has 1 aromatic carbocycles. The number of rotatable bonds is 3. The van der Waals surface area contributed by atoms with Crippen LogP contribution in [-0.4, -0.2) is 48.6 Å². The molecule has 0 aliphatic carbocycles. The monoisotopic (exact) mass is 248 g/mol. The third kappa shape index (κ3) is 2.22. The van der Waals surface area contributed by atoms with Crippen molar-refractivity contribution in [3.63, 3.8) is 0 Å². The summed E-state index contributed by atoms with van der Waals surface area (Å²) >= 11 is 0. The highest BCUT2D eigenvalue weighted by Gasteiger charge is 2.37. The minimum atomic E-state index is -0.960. The molecule has 0 spiro atoms. The maximum atomic E-state index is 12.2. The Morgan fingerprint density at radius 1 is 1.39 bits per heavy atom. The molecule has 5 heteroatoms. The molecule has 5 nitrogen and oxygen atoms in total. The summed E-state index contributed by atoms with van der Waals surface area (Å²) in [5.74, 6) is -1.14. The summed E-state index contributed by atoms with van der Waals surface area (Å²) in [6, 6.07) is 6.56. The van der Waals surface area contributed by atoms with Crippen LogP contribution in [0.25, 0.3) is 0 Å². The van der Waals surface area contributed by atoms with Gasteiger partial charge in [-0.3, -0.25) is 9.69 Å². The van der Waals surface area contributed by atoms with Gasteiger partial charge in [-0.2, -0.15) is 0 Å². The van der Waals surface area contributed by atoms with Crippen LogP contribution < -0.4 is 4.90 Å². The number of carboxylic acids is 1. The summed E-state index contributed by atoms with van der Waals surface area (Å²) in [6.07, 6.45) is 0.380. The van der Waals surface area contributed by atoms with Crippen molar-refractivity contribution in [2.75, 3.05) is 25.5 Å². The summed E-state index contributed by atoms with van der Waals surface area (Å²) in [5.41, 5.74) is 1.63. The molecule has 2 rings (SSSR count). The molecule has 1 aliphatic rings. The highest BCUT2D eigenvalue weighted by molar-refractivity contribution is 6.02. The lowest BCUT2D eigenvalue weighted by atomic mass is 10.1. The average Bonchev–Trinajstić information content (AvgIpc) is 2.67. The number of carbonyl (C=O) groups excluding carboxylic acids is 1. The predicted octanol–water partition coefficient (Wildman–Crippen LogP) is 0.590. The van der Waals surface area contributed by atoms with Crippen molar-refractivity contribution in [3.8, 4) is 0 Å². The first-order valence-electron chi connectivity index (χ1n) is 5.78. The largest absolute Gasteiger partial charge is 0.480 e. The molecule has 1 atom stereocenters. The zero-order valence-corrected chi connectivity index (χ0v) is 10.5. The molecule has 0 saturated carbocycles. The Labute approximate surface area is 106 Å². The smallest absolute Gasteiger partial charge is 0.327 e. The first-order chi connectivity index (χ1) is 8.50. The van der Waals surface area contributed by atoms with Gasteiger partial charge in [0.2, 0.25) is 5.91 Å². The van der Waals surface area contributed by atoms with E-state index in [4.69, 9.17) is 0 Å². The number of anilines is 1. The van der Waals surface area contributed by atoms with Gasteiger partial charge >= 0.3 is 5.97 Å². The van der Waals surface area contributed by atoms with Crippen LogP contribution >= 0.6 is 0 Å². The van der Waals surface area contributed by atoms with E-state index < -0.39 is 12.0 Å². The molecular weight excluding hydrogens is 232 g/mol. The van der Waals surface area contributed by atoms with Gasteiger partial charge < -0.3 is 10.0 Å². The zero-order valence-electron chi connectivity index (χ0n) is 10.5. The van der Waals surface area contributed by atoms with E-state index >= 15 is 0 Å². The van der Waals surface area contributed by atoms with E-state index in [1.54, 1.807) is 25.1 Å². The van der Waals surface area contributed by atoms with Gasteiger partial charge in [0, 0.05) is 12.1 Å². The normalized spacial score (nSPS) is 17.9. The van der Waals surface area contributed by atoms with Crippen LogP contribution in [0.15, 0.2) is 24.3 Å². The molecule has 1 N–H and O–H groups in total. The summed E-state index contributed by atoms with van der Waals surface area (Å²) < 4.78 is 0. The van der Waals surface area contributed by atoms with E-state index in [1.807, 2.05) is 18.2 Å². The molecule has 96 valence electrons. The van der Waals surface area contributed by atoms with E-state index in [1.165, 1.54) is 4.90 Å². The van der Waals surface area contributed by atoms with Gasteiger partial charge in [-0.25, -0.2) is 4.79 Å². The Kier molecular flexibility index (Phi) is 3.34. The number of nitrogens with zero attached hydrogens (tertiary/aromatic N) is 2. The standard InChI is InChI=1S/C13H16N2O3/c1-14(2)8-12(16)15-10-6-4-3-5-9(10)7-11(15)13(17)18/h3-6,11H,7-8H2,1-2H3,(H,17,18)/t11-/m0/s1. The zero-order chi connectivity index (χ0) is 13.3. The second kappa shape index (κ2) is 4.78. The highest BCUT2D eigenvalue weighted by Crippen LogP contribution is 2.32. The first kappa shape index (κ1) is 12.6. The lowest BCUT2D eigenvalue weighted by Crippen LogP contribution is -2.46. The van der Waals surface area contributed by atoms with E-state index in [0.717, 1.165) is 11.3 Å². The second-order valence-corrected chi connectivity index (χ2v) is 4.69. The van der Waals surface area contributed by atoms with Crippen LogP contribution in [0.3, 0.4) is 0 Å². The molecule has 18 heavy (non-hydrogen) atoms. The topological polar surface area (TPSA) is 60.9 Å². The molecule has 0 unspecified atom stereocenters. The summed E-state index contributed by atoms with van der Waals surface area (Å²) in [7, 11) is 3.57. The van der Waals surface area contributed by atoms with Gasteiger partial charge in [0.25, 0.3) is 0 Å². The van der Waals surface area contributed by atoms with Crippen molar-refractivity contribution in [1.29, 1.82) is 0 Å². The van der Waals surface area contributed by atoms with Crippen molar-refractivity contribution in [2.45, 2.75) is 12.5 Å². The van der Waals surface area contributed by atoms with Crippen LogP contribution in [0.5, 0.6) is 0 Å². The Bertz CT molecular complexity index is 485. The third-order valence-electron chi connectivity index (χ3n) is 2.98. The molecule has 1 amide bonds. The number of benzene rings is 1. The van der Waals surface area contributed by atoms with Crippen LogP contribution in [0.1, 0.15) is 5.56 Å². The highest BCUT2D eigenvalue weighted by atomic mass is 16.4. The number of carbonyl (C=O) groups is 2. The number of hydrogen-bond acceptors (Lipinski definition) is 3. The number of para-hydroxylation sites is 1. The summed E-state index contributed by atoms with van der Waals surface area (Å²) in [4.78, 5) is 26.6. The van der Waals surface area contributed by atoms with E-state index in [2.05, 4.69) is 0 Å². The third-order valence-corrected chi connectivity index (χ3v) is 2.98. The lowest BCUT2D eigenvalue weighted by molar-refractivity contribution is -0.140. The molecular formula is C13H16N2O3. The van der Waals surface area contributed by atoms with Crippen LogP contribution in [0.2, 0.25) is 0 Å². The molecule has 0 fully saturated rings. The summed E-state index contributed by atoms with van der Waals surface area (Å²) in [6.45, 7) is 0.206. The van der Waals surface area contributed by atoms with E-state index in [0.29, 0.717) is 6.42 Å². The minimum Gasteiger partial charge on any atom is -0.480 e. The van der Waals surface area contributed by atoms with Crippen molar-refractivity contribution in [2.24, 2.45) is 0 Å². The van der Waals surface area contributed by atoms with Crippen LogP contribution in [0.4, 0.5) is 5.69 Å². The van der Waals surface area contributed by atoms with Gasteiger partial charge in [-0.15, -0.1) is 0 Å². The Balaban J connectivity index is 2.34. The number of amides is 1. The van der Waals surface area contributed by atoms with Crippen molar-refractivity contribution < 1.29 is 14.7 Å². The van der Waals surface area contributed by atoms with Gasteiger partial charge in [-0.05, 0) is 25.7 Å². The first-order valence-corrected chi connectivity index (χ1v) is 5.78. The fourth-order valence-corrected chi connectivity index (χ4v) is 2.24. The number of fused-ring (bicyclic) bond motifs is 1. The Morgan fingerprint density at radius 2 is 2.06 bits per heavy atom. The molecule has 0 saturated heterocycles. The Hall–Kier alpha value is -1.88. The number of likely N-dealkylation sites (N-methyl/N-ethyl adjacent to an activating group) is 1. The van der Waals surface area contributed by atoms with Crippen LogP contribution in [-0.2, 0) is 16.0 Å². The fraction of sp³-hybridized carbons (Fsp3) is 0.385. The lowest BCUT2D eigenvalue weighted by Gasteiger charge is -2.24. The minimum absolute atomic E-state index is 0.183. The number of aliphatic carboxylic acids is 1. The fourth-order valence-electron chi connectivity index (χ4n) is 2.24. The number of hydrogen-bond donors (Lipinski definition) is 1. The maximum absolute atomic E-state index is 12.2. The number of carboxylic acid groups (broad SMARTS) is 1. The molecule has 1 aliphatic heterocycles. The molecule has 1 aromatic rings. The molecule has 0 radical (unpaired) electrons. The average molecular weight is 248 g/mol.